The van der Waals surface area contributed by atoms with Crippen LogP contribution in [-0.4, -0.2) is 60.8 Å². The number of aryl methyl sites for hydroxylation is 2. The van der Waals surface area contributed by atoms with E-state index in [4.69, 9.17) is 18.9 Å². The predicted octanol–water partition coefficient (Wildman–Crippen LogP) is 2.13. The van der Waals surface area contributed by atoms with E-state index >= 15 is 0 Å². The molecule has 3 N–H and O–H groups in total. The Labute approximate surface area is 186 Å². The highest BCUT2D eigenvalue weighted by Crippen LogP contribution is 2.27. The second kappa shape index (κ2) is 12.4. The van der Waals surface area contributed by atoms with Crippen LogP contribution >= 0.6 is 0 Å². The van der Waals surface area contributed by atoms with Crippen LogP contribution in [0.2, 0.25) is 0 Å². The van der Waals surface area contributed by atoms with Gasteiger partial charge >= 0.3 is 11.9 Å². The highest BCUT2D eigenvalue weighted by molar-refractivity contribution is 5.70. The Bertz CT molecular complexity index is 837. The lowest BCUT2D eigenvalue weighted by molar-refractivity contribution is -0.152. The molecule has 0 spiro atoms. The quantitative estimate of drug-likeness (QED) is 0.418. The number of aromatic hydroxyl groups is 2. The number of aliphatic hydroxyl groups is 1. The fourth-order valence-corrected chi connectivity index (χ4v) is 2.82. The van der Waals surface area contributed by atoms with Gasteiger partial charge in [0.1, 0.15) is 19.3 Å². The number of phenols is 2. The monoisotopic (exact) mass is 448 g/mol. The summed E-state index contributed by atoms with van der Waals surface area (Å²) in [5.74, 6) is -0.360. The molecule has 9 heteroatoms. The molecule has 0 aliphatic carbocycles. The van der Waals surface area contributed by atoms with Crippen LogP contribution in [0.3, 0.4) is 0 Å². The summed E-state index contributed by atoms with van der Waals surface area (Å²) in [5.41, 5.74) is 1.58. The molecule has 2 aromatic carbocycles. The number of rotatable bonds is 12. The van der Waals surface area contributed by atoms with E-state index in [-0.39, 0.29) is 37.6 Å². The summed E-state index contributed by atoms with van der Waals surface area (Å²) in [5, 5.41) is 29.0. The van der Waals surface area contributed by atoms with Crippen LogP contribution in [0.4, 0.5) is 0 Å². The first-order valence-electron chi connectivity index (χ1n) is 10.0. The molecule has 0 unspecified atom stereocenters. The van der Waals surface area contributed by atoms with Crippen LogP contribution < -0.4 is 9.47 Å². The van der Waals surface area contributed by atoms with Crippen molar-refractivity contribution in [2.75, 3.05) is 27.4 Å². The number of aliphatic hydroxyl groups excluding tert-OH is 1. The van der Waals surface area contributed by atoms with E-state index in [9.17, 15) is 24.9 Å². The van der Waals surface area contributed by atoms with Crippen LogP contribution in [0.1, 0.15) is 24.0 Å². The van der Waals surface area contributed by atoms with Gasteiger partial charge in [0, 0.05) is 12.8 Å². The number of carbonyl (C=O) groups is 2. The summed E-state index contributed by atoms with van der Waals surface area (Å²) in [4.78, 5) is 23.7. The third-order valence-corrected chi connectivity index (χ3v) is 4.60. The van der Waals surface area contributed by atoms with Crippen molar-refractivity contribution in [1.82, 2.24) is 0 Å². The number of esters is 2. The Morgan fingerprint density at radius 2 is 1.19 bits per heavy atom. The smallest absolute Gasteiger partial charge is 0.306 e. The van der Waals surface area contributed by atoms with Crippen LogP contribution in [-0.2, 0) is 31.9 Å². The average molecular weight is 448 g/mol. The molecule has 2 aromatic rings. The van der Waals surface area contributed by atoms with E-state index in [1.54, 1.807) is 24.3 Å². The standard InChI is InChI=1S/C23H28O9/c1-29-20-11-15(3-7-18(20)25)5-9-22(27)31-13-17(24)14-32-23(28)10-6-16-4-8-19(26)21(12-16)30-2/h3-4,7-8,11-12,17,24-26H,5-6,9-10,13-14H2,1-2H3. The molecule has 0 saturated heterocycles. The van der Waals surface area contributed by atoms with Crippen molar-refractivity contribution in [3.63, 3.8) is 0 Å². The maximum atomic E-state index is 11.9. The minimum absolute atomic E-state index is 0.0132. The van der Waals surface area contributed by atoms with Crippen LogP contribution in [0.5, 0.6) is 23.0 Å². The van der Waals surface area contributed by atoms with Crippen molar-refractivity contribution in [3.05, 3.63) is 47.5 Å². The first-order chi connectivity index (χ1) is 15.3. The highest BCUT2D eigenvalue weighted by Gasteiger charge is 2.13. The number of hydrogen-bond donors (Lipinski definition) is 3. The van der Waals surface area contributed by atoms with Gasteiger partial charge in [0.25, 0.3) is 0 Å². The first kappa shape index (κ1) is 24.8. The van der Waals surface area contributed by atoms with Gasteiger partial charge in [-0.05, 0) is 48.2 Å². The van der Waals surface area contributed by atoms with Crippen LogP contribution in [0.25, 0.3) is 0 Å². The Morgan fingerprint density at radius 1 is 0.781 bits per heavy atom. The fraction of sp³-hybridized carbons (Fsp3) is 0.391. The number of phenolic OH excluding ortho intramolecular Hbond substituents is 2. The molecule has 9 nitrogen and oxygen atoms in total. The summed E-state index contributed by atoms with van der Waals surface area (Å²) in [6.45, 7) is -0.583. The molecule has 0 aromatic heterocycles. The summed E-state index contributed by atoms with van der Waals surface area (Å²) < 4.78 is 20.0. The highest BCUT2D eigenvalue weighted by atomic mass is 16.6. The van der Waals surface area contributed by atoms with Crippen molar-refractivity contribution in [3.8, 4) is 23.0 Å². The third kappa shape index (κ3) is 7.99. The second-order valence-electron chi connectivity index (χ2n) is 7.03. The molecule has 0 saturated carbocycles. The van der Waals surface area contributed by atoms with Gasteiger partial charge in [0.15, 0.2) is 23.0 Å². The molecule has 0 aliphatic rings. The molecule has 0 amide bonds. The Hall–Kier alpha value is -3.46. The van der Waals surface area contributed by atoms with E-state index in [1.165, 1.54) is 26.4 Å². The van der Waals surface area contributed by atoms with Gasteiger partial charge in [-0.1, -0.05) is 12.1 Å². The molecule has 0 aliphatic heterocycles. The summed E-state index contributed by atoms with van der Waals surface area (Å²) >= 11 is 0. The number of carbonyl (C=O) groups excluding carboxylic acids is 2. The molecule has 0 bridgehead atoms. The molecular weight excluding hydrogens is 420 g/mol. The third-order valence-electron chi connectivity index (χ3n) is 4.60. The zero-order valence-electron chi connectivity index (χ0n) is 18.1. The van der Waals surface area contributed by atoms with Gasteiger partial charge in [-0.2, -0.15) is 0 Å². The Kier molecular flexibility index (Phi) is 9.62. The molecule has 0 radical (unpaired) electrons. The molecule has 0 atom stereocenters. The summed E-state index contributed by atoms with van der Waals surface area (Å²) in [6.07, 6.45) is -0.219. The van der Waals surface area contributed by atoms with Gasteiger partial charge < -0.3 is 34.3 Å². The van der Waals surface area contributed by atoms with Gasteiger partial charge in [-0.25, -0.2) is 0 Å². The fourth-order valence-electron chi connectivity index (χ4n) is 2.82. The zero-order valence-corrected chi connectivity index (χ0v) is 18.1. The number of hydrogen-bond acceptors (Lipinski definition) is 9. The van der Waals surface area contributed by atoms with Crippen molar-refractivity contribution in [2.45, 2.75) is 31.8 Å². The van der Waals surface area contributed by atoms with E-state index < -0.39 is 18.0 Å². The molecule has 2 rings (SSSR count). The van der Waals surface area contributed by atoms with Crippen LogP contribution in [0, 0.1) is 0 Å². The molecule has 0 heterocycles. The number of methoxy groups -OCH3 is 2. The normalized spacial score (nSPS) is 10.6. The second-order valence-corrected chi connectivity index (χ2v) is 7.03. The van der Waals surface area contributed by atoms with E-state index in [0.29, 0.717) is 24.3 Å². The Morgan fingerprint density at radius 3 is 1.56 bits per heavy atom. The molecular formula is C23H28O9. The Balaban J connectivity index is 1.64. The number of benzene rings is 2. The van der Waals surface area contributed by atoms with E-state index in [0.717, 1.165) is 11.1 Å². The maximum Gasteiger partial charge on any atom is 0.306 e. The SMILES string of the molecule is COc1cc(CCC(=O)OCC(O)COC(=O)CCc2ccc(O)c(OC)c2)ccc1O. The molecule has 174 valence electrons. The lowest BCUT2D eigenvalue weighted by Crippen LogP contribution is -2.25. The predicted molar refractivity (Wildman–Crippen MR) is 114 cm³/mol. The lowest BCUT2D eigenvalue weighted by atomic mass is 10.1. The largest absolute Gasteiger partial charge is 0.504 e. The molecule has 0 fully saturated rings. The maximum absolute atomic E-state index is 11.9. The van der Waals surface area contributed by atoms with E-state index in [2.05, 4.69) is 0 Å². The molecule has 32 heavy (non-hydrogen) atoms. The van der Waals surface area contributed by atoms with Gasteiger partial charge in [0.05, 0.1) is 14.2 Å². The first-order valence-corrected chi connectivity index (χ1v) is 10.0. The van der Waals surface area contributed by atoms with Crippen LogP contribution in [0.15, 0.2) is 36.4 Å². The van der Waals surface area contributed by atoms with Crippen molar-refractivity contribution in [2.24, 2.45) is 0 Å². The van der Waals surface area contributed by atoms with Gasteiger partial charge in [-0.15, -0.1) is 0 Å². The summed E-state index contributed by atoms with van der Waals surface area (Å²) in [7, 11) is 2.87. The minimum Gasteiger partial charge on any atom is -0.504 e. The lowest BCUT2D eigenvalue weighted by Gasteiger charge is -2.12. The minimum atomic E-state index is -1.13. The average Bonchev–Trinajstić information content (AvgIpc) is 2.80. The van der Waals surface area contributed by atoms with Crippen molar-refractivity contribution < 1.29 is 43.9 Å². The van der Waals surface area contributed by atoms with Gasteiger partial charge in [-0.3, -0.25) is 9.59 Å². The topological polar surface area (TPSA) is 132 Å². The van der Waals surface area contributed by atoms with Crippen molar-refractivity contribution in [1.29, 1.82) is 0 Å². The number of ether oxygens (including phenoxy) is 4. The summed E-state index contributed by atoms with van der Waals surface area (Å²) in [6, 6.07) is 9.57. The van der Waals surface area contributed by atoms with Gasteiger partial charge in [0.2, 0.25) is 0 Å². The van der Waals surface area contributed by atoms with Crippen molar-refractivity contribution >= 4 is 11.9 Å². The zero-order chi connectivity index (χ0) is 23.5. The van der Waals surface area contributed by atoms with E-state index in [1.807, 2.05) is 0 Å².